The first-order valence-corrected chi connectivity index (χ1v) is 6.89. The summed E-state index contributed by atoms with van der Waals surface area (Å²) in [5, 5.41) is 17.1. The van der Waals surface area contributed by atoms with Gasteiger partial charge in [-0.25, -0.2) is 4.68 Å². The zero-order valence-electron chi connectivity index (χ0n) is 12.7. The fourth-order valence-electron chi connectivity index (χ4n) is 2.16. The highest BCUT2D eigenvalue weighted by Crippen LogP contribution is 2.30. The molecular formula is C15H21N3O3. The van der Waals surface area contributed by atoms with Crippen molar-refractivity contribution in [2.45, 2.75) is 26.3 Å². The molecule has 114 valence electrons. The average molecular weight is 291 g/mol. The number of aromatic nitrogens is 3. The van der Waals surface area contributed by atoms with Gasteiger partial charge in [0, 0.05) is 12.8 Å². The molecule has 1 heterocycles. The number of hydrogen-bond acceptors (Lipinski definition) is 5. The number of benzene rings is 1. The van der Waals surface area contributed by atoms with E-state index in [0.717, 1.165) is 29.0 Å². The van der Waals surface area contributed by atoms with Crippen molar-refractivity contribution < 1.29 is 14.6 Å². The van der Waals surface area contributed by atoms with Gasteiger partial charge < -0.3 is 14.6 Å². The Morgan fingerprint density at radius 1 is 1.19 bits per heavy atom. The SMILES string of the molecule is COc1cc(C)c(Cn2cc(CCCO)nn2)cc1OC. The molecule has 0 amide bonds. The average Bonchev–Trinajstić information content (AvgIpc) is 2.94. The fraction of sp³-hybridized carbons (Fsp3) is 0.467. The lowest BCUT2D eigenvalue weighted by Crippen LogP contribution is -2.03. The summed E-state index contributed by atoms with van der Waals surface area (Å²) in [5.74, 6) is 1.43. The largest absolute Gasteiger partial charge is 0.493 e. The molecule has 1 aromatic heterocycles. The summed E-state index contributed by atoms with van der Waals surface area (Å²) in [5.41, 5.74) is 3.11. The second kappa shape index (κ2) is 7.08. The van der Waals surface area contributed by atoms with Gasteiger partial charge in [0.2, 0.25) is 0 Å². The molecule has 0 aliphatic carbocycles. The van der Waals surface area contributed by atoms with Crippen LogP contribution in [0, 0.1) is 6.92 Å². The minimum Gasteiger partial charge on any atom is -0.493 e. The topological polar surface area (TPSA) is 69.4 Å². The molecule has 1 N–H and O–H groups in total. The van der Waals surface area contributed by atoms with Crippen LogP contribution in [-0.2, 0) is 13.0 Å². The van der Waals surface area contributed by atoms with Gasteiger partial charge in [0.1, 0.15) is 0 Å². The maximum Gasteiger partial charge on any atom is 0.161 e. The van der Waals surface area contributed by atoms with Crippen molar-refractivity contribution in [1.29, 1.82) is 0 Å². The Morgan fingerprint density at radius 2 is 1.90 bits per heavy atom. The number of hydrogen-bond donors (Lipinski definition) is 1. The number of nitrogens with zero attached hydrogens (tertiary/aromatic N) is 3. The first-order valence-electron chi connectivity index (χ1n) is 6.89. The number of aliphatic hydroxyl groups excluding tert-OH is 1. The van der Waals surface area contributed by atoms with Crippen LogP contribution < -0.4 is 9.47 Å². The molecule has 21 heavy (non-hydrogen) atoms. The highest BCUT2D eigenvalue weighted by Gasteiger charge is 2.10. The van der Waals surface area contributed by atoms with Gasteiger partial charge in [0.25, 0.3) is 0 Å². The predicted octanol–water partition coefficient (Wildman–Crippen LogP) is 1.58. The molecule has 0 atom stereocenters. The lowest BCUT2D eigenvalue weighted by molar-refractivity contribution is 0.288. The van der Waals surface area contributed by atoms with Crippen molar-refractivity contribution in [2.75, 3.05) is 20.8 Å². The Balaban J connectivity index is 2.17. The summed E-state index contributed by atoms with van der Waals surface area (Å²) >= 11 is 0. The van der Waals surface area contributed by atoms with E-state index in [1.54, 1.807) is 18.9 Å². The van der Waals surface area contributed by atoms with Crippen LogP contribution in [0.5, 0.6) is 11.5 Å². The molecular weight excluding hydrogens is 270 g/mol. The van der Waals surface area contributed by atoms with Gasteiger partial charge in [0.15, 0.2) is 11.5 Å². The summed E-state index contributed by atoms with van der Waals surface area (Å²) in [6.45, 7) is 2.82. The van der Waals surface area contributed by atoms with Gasteiger partial charge >= 0.3 is 0 Å². The number of rotatable bonds is 7. The van der Waals surface area contributed by atoms with Crippen LogP contribution in [0.1, 0.15) is 23.2 Å². The standard InChI is InChI=1S/C15H21N3O3/c1-11-7-14(20-2)15(21-3)8-12(11)9-18-10-13(16-17-18)5-4-6-19/h7-8,10,19H,4-6,9H2,1-3H3. The van der Waals surface area contributed by atoms with Crippen LogP contribution in [0.2, 0.25) is 0 Å². The molecule has 0 saturated heterocycles. The number of ether oxygens (including phenoxy) is 2. The summed E-state index contributed by atoms with van der Waals surface area (Å²) in [6.07, 6.45) is 3.35. The molecule has 0 bridgehead atoms. The van der Waals surface area contributed by atoms with Gasteiger partial charge in [-0.05, 0) is 43.0 Å². The smallest absolute Gasteiger partial charge is 0.161 e. The zero-order chi connectivity index (χ0) is 15.2. The third kappa shape index (κ3) is 3.72. The van der Waals surface area contributed by atoms with E-state index < -0.39 is 0 Å². The van der Waals surface area contributed by atoms with E-state index >= 15 is 0 Å². The minimum absolute atomic E-state index is 0.168. The van der Waals surface area contributed by atoms with E-state index in [4.69, 9.17) is 14.6 Å². The van der Waals surface area contributed by atoms with Crippen molar-refractivity contribution in [1.82, 2.24) is 15.0 Å². The number of aliphatic hydroxyl groups is 1. The fourth-order valence-corrected chi connectivity index (χ4v) is 2.16. The molecule has 6 heteroatoms. The van der Waals surface area contributed by atoms with Crippen molar-refractivity contribution >= 4 is 0 Å². The van der Waals surface area contributed by atoms with Gasteiger partial charge in [0.05, 0.1) is 26.5 Å². The normalized spacial score (nSPS) is 10.7. The number of aryl methyl sites for hydroxylation is 2. The van der Waals surface area contributed by atoms with E-state index in [9.17, 15) is 0 Å². The lowest BCUT2D eigenvalue weighted by Gasteiger charge is -2.12. The molecule has 2 rings (SSSR count). The maximum atomic E-state index is 8.83. The van der Waals surface area contributed by atoms with E-state index in [-0.39, 0.29) is 6.61 Å². The van der Waals surface area contributed by atoms with Gasteiger partial charge in [-0.1, -0.05) is 5.21 Å². The third-order valence-corrected chi connectivity index (χ3v) is 3.35. The predicted molar refractivity (Wildman–Crippen MR) is 78.8 cm³/mol. The molecule has 0 spiro atoms. The highest BCUT2D eigenvalue weighted by molar-refractivity contribution is 5.47. The number of methoxy groups -OCH3 is 2. The maximum absolute atomic E-state index is 8.83. The first kappa shape index (κ1) is 15.3. The van der Waals surface area contributed by atoms with Gasteiger partial charge in [-0.3, -0.25) is 0 Å². The molecule has 0 aliphatic rings. The lowest BCUT2D eigenvalue weighted by atomic mass is 10.1. The van der Waals surface area contributed by atoms with Crippen LogP contribution in [0.4, 0.5) is 0 Å². The molecule has 1 aromatic carbocycles. The molecule has 0 radical (unpaired) electrons. The van der Waals surface area contributed by atoms with Crippen molar-refractivity contribution in [3.8, 4) is 11.5 Å². The molecule has 0 saturated carbocycles. The van der Waals surface area contributed by atoms with Crippen molar-refractivity contribution in [3.05, 3.63) is 35.2 Å². The van der Waals surface area contributed by atoms with Crippen LogP contribution in [-0.4, -0.2) is 40.9 Å². The summed E-state index contributed by atoms with van der Waals surface area (Å²) < 4.78 is 12.4. The van der Waals surface area contributed by atoms with E-state index in [1.165, 1.54) is 0 Å². The first-order chi connectivity index (χ1) is 10.2. The Hall–Kier alpha value is -2.08. The molecule has 0 fully saturated rings. The Kier molecular flexibility index (Phi) is 5.16. The van der Waals surface area contributed by atoms with Gasteiger partial charge in [-0.2, -0.15) is 0 Å². The van der Waals surface area contributed by atoms with Crippen molar-refractivity contribution in [2.24, 2.45) is 0 Å². The monoisotopic (exact) mass is 291 g/mol. The minimum atomic E-state index is 0.168. The second-order valence-electron chi connectivity index (χ2n) is 4.87. The summed E-state index contributed by atoms with van der Waals surface area (Å²) in [6, 6.07) is 3.92. The van der Waals surface area contributed by atoms with Crippen LogP contribution in [0.15, 0.2) is 18.3 Å². The molecule has 6 nitrogen and oxygen atoms in total. The Labute approximate surface area is 124 Å². The summed E-state index contributed by atoms with van der Waals surface area (Å²) in [4.78, 5) is 0. The van der Waals surface area contributed by atoms with Crippen molar-refractivity contribution in [3.63, 3.8) is 0 Å². The van der Waals surface area contributed by atoms with E-state index in [2.05, 4.69) is 10.3 Å². The molecule has 2 aromatic rings. The van der Waals surface area contributed by atoms with Gasteiger partial charge in [-0.15, -0.1) is 5.10 Å². The van der Waals surface area contributed by atoms with Crippen LogP contribution in [0.25, 0.3) is 0 Å². The Morgan fingerprint density at radius 3 is 2.57 bits per heavy atom. The Bertz CT molecular complexity index is 596. The quantitative estimate of drug-likeness (QED) is 0.838. The third-order valence-electron chi connectivity index (χ3n) is 3.35. The van der Waals surface area contributed by atoms with Crippen LogP contribution >= 0.6 is 0 Å². The molecule has 0 aliphatic heterocycles. The summed E-state index contributed by atoms with van der Waals surface area (Å²) in [7, 11) is 3.25. The second-order valence-corrected chi connectivity index (χ2v) is 4.87. The van der Waals surface area contributed by atoms with Crippen LogP contribution in [0.3, 0.4) is 0 Å². The van der Waals surface area contributed by atoms with E-state index in [0.29, 0.717) is 18.7 Å². The van der Waals surface area contributed by atoms with E-state index in [1.807, 2.05) is 25.3 Å². The highest BCUT2D eigenvalue weighted by atomic mass is 16.5. The zero-order valence-corrected chi connectivity index (χ0v) is 12.7. The molecule has 0 unspecified atom stereocenters.